The van der Waals surface area contributed by atoms with Crippen molar-refractivity contribution < 1.29 is 18.4 Å². The first-order chi connectivity index (χ1) is 14.1. The van der Waals surface area contributed by atoms with Gasteiger partial charge in [0.1, 0.15) is 5.69 Å². The molecular formula is C17H17N5O7S. The maximum Gasteiger partial charge on any atom is 0.348 e. The van der Waals surface area contributed by atoms with Crippen LogP contribution in [0.25, 0.3) is 10.9 Å². The number of fused-ring (bicyclic) bond motifs is 1. The molecule has 0 fully saturated rings. The molecule has 0 saturated carbocycles. The quantitative estimate of drug-likeness (QED) is 0.301. The molecule has 0 amide bonds. The lowest BCUT2D eigenvalue weighted by atomic mass is 10.1. The van der Waals surface area contributed by atoms with E-state index in [-0.39, 0.29) is 21.3 Å². The number of aromatic nitrogens is 2. The molecule has 2 aromatic carbocycles. The SMILES string of the molecule is CS(=O)(=O)Nn1c(=O)[nH]c2cc([N+](=O)[O-])c(NC(CO)c3ccccc3)cc2c1=O. The van der Waals surface area contributed by atoms with Crippen LogP contribution in [0.2, 0.25) is 0 Å². The van der Waals surface area contributed by atoms with Crippen LogP contribution in [0.15, 0.2) is 52.1 Å². The zero-order valence-electron chi connectivity index (χ0n) is 15.5. The summed E-state index contributed by atoms with van der Waals surface area (Å²) in [7, 11) is -3.95. The minimum Gasteiger partial charge on any atom is -0.394 e. The highest BCUT2D eigenvalue weighted by Crippen LogP contribution is 2.31. The Kier molecular flexibility index (Phi) is 5.58. The molecule has 1 aromatic heterocycles. The van der Waals surface area contributed by atoms with E-state index < -0.39 is 44.5 Å². The van der Waals surface area contributed by atoms with Gasteiger partial charge in [0.15, 0.2) is 0 Å². The van der Waals surface area contributed by atoms with Gasteiger partial charge in [-0.1, -0.05) is 30.3 Å². The number of hydrogen-bond donors (Lipinski definition) is 4. The highest BCUT2D eigenvalue weighted by Gasteiger charge is 2.22. The zero-order chi connectivity index (χ0) is 22.1. The standard InChI is InChI=1S/C17H17N5O7S/c1-30(28,29)20-21-16(24)11-7-13(15(22(26)27)8-12(11)19-17(21)25)18-14(9-23)10-5-3-2-4-6-10/h2-8,14,18,20,23H,9H2,1H3,(H,19,25). The fraction of sp³-hybridized carbons (Fsp3) is 0.176. The molecule has 1 unspecified atom stereocenters. The van der Waals surface area contributed by atoms with Crippen LogP contribution in [0.1, 0.15) is 11.6 Å². The number of sulfonamides is 1. The Balaban J connectivity index is 2.20. The maximum atomic E-state index is 12.7. The fourth-order valence-electron chi connectivity index (χ4n) is 2.88. The lowest BCUT2D eigenvalue weighted by Gasteiger charge is -2.18. The molecule has 12 nitrogen and oxygen atoms in total. The average Bonchev–Trinajstić information content (AvgIpc) is 2.69. The van der Waals surface area contributed by atoms with Gasteiger partial charge in [0.2, 0.25) is 10.0 Å². The third-order valence-corrected chi connectivity index (χ3v) is 4.70. The van der Waals surface area contributed by atoms with Crippen LogP contribution in [-0.2, 0) is 10.0 Å². The molecule has 0 saturated heterocycles. The van der Waals surface area contributed by atoms with E-state index in [1.54, 1.807) is 35.2 Å². The van der Waals surface area contributed by atoms with E-state index in [4.69, 9.17) is 0 Å². The third kappa shape index (κ3) is 4.31. The van der Waals surface area contributed by atoms with Gasteiger partial charge in [-0.25, -0.2) is 18.0 Å². The van der Waals surface area contributed by atoms with Gasteiger partial charge < -0.3 is 15.4 Å². The number of nitrogens with one attached hydrogen (secondary N) is 3. The lowest BCUT2D eigenvalue weighted by molar-refractivity contribution is -0.383. The van der Waals surface area contributed by atoms with E-state index in [0.29, 0.717) is 5.56 Å². The molecule has 30 heavy (non-hydrogen) atoms. The van der Waals surface area contributed by atoms with Gasteiger partial charge in [-0.2, -0.15) is 4.68 Å². The summed E-state index contributed by atoms with van der Waals surface area (Å²) in [5, 5.41) is 23.9. The van der Waals surface area contributed by atoms with Crippen LogP contribution < -0.4 is 21.4 Å². The number of benzene rings is 2. The van der Waals surface area contributed by atoms with Crippen LogP contribution in [0, 0.1) is 10.1 Å². The largest absolute Gasteiger partial charge is 0.394 e. The first-order valence-corrected chi connectivity index (χ1v) is 10.4. The van der Waals surface area contributed by atoms with Crippen LogP contribution in [0.4, 0.5) is 11.4 Å². The number of nitro groups is 1. The Morgan fingerprint density at radius 3 is 2.47 bits per heavy atom. The van der Waals surface area contributed by atoms with Crippen LogP contribution >= 0.6 is 0 Å². The highest BCUT2D eigenvalue weighted by molar-refractivity contribution is 7.91. The first kappa shape index (κ1) is 21.0. The van der Waals surface area contributed by atoms with Crippen LogP contribution in [-0.4, -0.2) is 41.0 Å². The number of aliphatic hydroxyl groups is 1. The Bertz CT molecular complexity index is 1330. The summed E-state index contributed by atoms with van der Waals surface area (Å²) < 4.78 is 23.1. The van der Waals surface area contributed by atoms with Gasteiger partial charge in [-0.3, -0.25) is 14.9 Å². The molecule has 1 heterocycles. The summed E-state index contributed by atoms with van der Waals surface area (Å²) >= 11 is 0. The molecule has 0 radical (unpaired) electrons. The number of aliphatic hydroxyl groups excluding tert-OH is 1. The number of nitrogens with zero attached hydrogens (tertiary/aromatic N) is 2. The van der Waals surface area contributed by atoms with Gasteiger partial charge in [0, 0.05) is 6.07 Å². The number of aromatic amines is 1. The van der Waals surface area contributed by atoms with E-state index in [1.807, 2.05) is 0 Å². The summed E-state index contributed by atoms with van der Waals surface area (Å²) in [5.74, 6) is 0. The normalized spacial score (nSPS) is 12.5. The molecule has 4 N–H and O–H groups in total. The summed E-state index contributed by atoms with van der Waals surface area (Å²) in [6, 6.07) is 10.0. The van der Waals surface area contributed by atoms with Crippen molar-refractivity contribution in [3.05, 3.63) is 79.0 Å². The molecule has 0 bridgehead atoms. The molecule has 13 heteroatoms. The summed E-state index contributed by atoms with van der Waals surface area (Å²) in [6.07, 6.45) is 0.762. The van der Waals surface area contributed by atoms with Crippen molar-refractivity contribution in [1.82, 2.24) is 9.66 Å². The number of hydrogen-bond acceptors (Lipinski definition) is 8. The van der Waals surface area contributed by atoms with Gasteiger partial charge in [0.25, 0.3) is 11.2 Å². The minimum absolute atomic E-state index is 0.0922. The Morgan fingerprint density at radius 1 is 1.23 bits per heavy atom. The molecule has 0 spiro atoms. The van der Waals surface area contributed by atoms with Crippen LogP contribution in [0.3, 0.4) is 0 Å². The average molecular weight is 435 g/mol. The Hall–Kier alpha value is -3.71. The molecule has 3 rings (SSSR count). The maximum absolute atomic E-state index is 12.7. The van der Waals surface area contributed by atoms with E-state index in [1.165, 1.54) is 0 Å². The number of rotatable bonds is 7. The molecule has 0 aliphatic carbocycles. The second kappa shape index (κ2) is 7.96. The van der Waals surface area contributed by atoms with E-state index in [9.17, 15) is 33.2 Å². The molecular weight excluding hydrogens is 418 g/mol. The van der Waals surface area contributed by atoms with Crippen molar-refractivity contribution in [3.63, 3.8) is 0 Å². The van der Waals surface area contributed by atoms with Crippen molar-refractivity contribution >= 4 is 32.3 Å². The van der Waals surface area contributed by atoms with Crippen molar-refractivity contribution in [1.29, 1.82) is 0 Å². The molecule has 158 valence electrons. The second-order valence-corrected chi connectivity index (χ2v) is 8.12. The Morgan fingerprint density at radius 2 is 1.90 bits per heavy atom. The van der Waals surface area contributed by atoms with E-state index in [0.717, 1.165) is 18.4 Å². The first-order valence-electron chi connectivity index (χ1n) is 8.48. The molecule has 3 aromatic rings. The molecule has 1 atom stereocenters. The second-order valence-electron chi connectivity index (χ2n) is 6.40. The van der Waals surface area contributed by atoms with Gasteiger partial charge in [0.05, 0.1) is 34.7 Å². The minimum atomic E-state index is -3.95. The number of anilines is 1. The van der Waals surface area contributed by atoms with E-state index in [2.05, 4.69) is 10.3 Å². The summed E-state index contributed by atoms with van der Waals surface area (Å²) in [4.78, 5) is 39.6. The monoisotopic (exact) mass is 435 g/mol. The van der Waals surface area contributed by atoms with Gasteiger partial charge in [-0.15, -0.1) is 0 Å². The summed E-state index contributed by atoms with van der Waals surface area (Å²) in [5.41, 5.74) is -2.16. The smallest absolute Gasteiger partial charge is 0.348 e. The Labute approximate surface area is 169 Å². The molecule has 0 aliphatic rings. The lowest BCUT2D eigenvalue weighted by Crippen LogP contribution is -2.43. The van der Waals surface area contributed by atoms with Crippen LogP contribution in [0.5, 0.6) is 0 Å². The van der Waals surface area contributed by atoms with Gasteiger partial charge >= 0.3 is 5.69 Å². The van der Waals surface area contributed by atoms with Crippen molar-refractivity contribution in [2.45, 2.75) is 6.04 Å². The van der Waals surface area contributed by atoms with Crippen molar-refractivity contribution in [3.8, 4) is 0 Å². The predicted octanol–water partition coefficient (Wildman–Crippen LogP) is 0.247. The van der Waals surface area contributed by atoms with E-state index >= 15 is 0 Å². The zero-order valence-corrected chi connectivity index (χ0v) is 16.3. The summed E-state index contributed by atoms with van der Waals surface area (Å²) in [6.45, 7) is -0.398. The van der Waals surface area contributed by atoms with Crippen molar-refractivity contribution in [2.75, 3.05) is 23.0 Å². The number of nitro benzene ring substituents is 1. The molecule has 0 aliphatic heterocycles. The fourth-order valence-corrected chi connectivity index (χ4v) is 3.37. The van der Waals surface area contributed by atoms with Gasteiger partial charge in [-0.05, 0) is 11.6 Å². The highest BCUT2D eigenvalue weighted by atomic mass is 32.2. The van der Waals surface area contributed by atoms with Crippen molar-refractivity contribution in [2.24, 2.45) is 0 Å². The number of H-pyrrole nitrogens is 1. The third-order valence-electron chi connectivity index (χ3n) is 4.18. The topological polar surface area (TPSA) is 176 Å². The predicted molar refractivity (Wildman–Crippen MR) is 110 cm³/mol.